The van der Waals surface area contributed by atoms with Crippen molar-refractivity contribution < 1.29 is 9.53 Å². The highest BCUT2D eigenvalue weighted by Crippen LogP contribution is 2.23. The molecule has 0 radical (unpaired) electrons. The van der Waals surface area contributed by atoms with Crippen molar-refractivity contribution >= 4 is 17.2 Å². The summed E-state index contributed by atoms with van der Waals surface area (Å²) in [6, 6.07) is 7.12. The summed E-state index contributed by atoms with van der Waals surface area (Å²) in [4.78, 5) is 15.7. The first-order valence-corrected chi connectivity index (χ1v) is 6.51. The number of hydrogen-bond donors (Lipinski definition) is 1. The summed E-state index contributed by atoms with van der Waals surface area (Å²) in [7, 11) is 0. The number of thiazole rings is 1. The Morgan fingerprint density at radius 2 is 2.06 bits per heavy atom. The Morgan fingerprint density at radius 1 is 1.33 bits per heavy atom. The van der Waals surface area contributed by atoms with Crippen LogP contribution in [-0.4, -0.2) is 16.9 Å². The lowest BCUT2D eigenvalue weighted by Crippen LogP contribution is -2.29. The highest BCUT2D eigenvalue weighted by atomic mass is 32.1. The van der Waals surface area contributed by atoms with Gasteiger partial charge in [-0.3, -0.25) is 4.79 Å². The second-order valence-electron chi connectivity index (χ2n) is 4.05. The summed E-state index contributed by atoms with van der Waals surface area (Å²) in [5, 5.41) is 5.27. The molecule has 1 amide bonds. The topological polar surface area (TPSA) is 51.2 Å². The number of carbonyl (C=O) groups excluding carboxylic acids is 1. The van der Waals surface area contributed by atoms with Gasteiger partial charge in [0.2, 0.25) is 0 Å². The number of aromatic nitrogens is 1. The zero-order chi connectivity index (χ0) is 13.0. The fourth-order valence-corrected chi connectivity index (χ4v) is 1.89. The average molecular weight is 262 g/mol. The van der Waals surface area contributed by atoms with Crippen LogP contribution in [0.15, 0.2) is 35.8 Å². The maximum Gasteiger partial charge on any atom is 0.278 e. The van der Waals surface area contributed by atoms with E-state index in [-0.39, 0.29) is 11.9 Å². The van der Waals surface area contributed by atoms with Gasteiger partial charge in [-0.15, -0.1) is 0 Å². The number of benzene rings is 1. The monoisotopic (exact) mass is 262 g/mol. The van der Waals surface area contributed by atoms with Crippen LogP contribution in [0.2, 0.25) is 0 Å². The standard InChI is InChI=1S/C13H14N2O2S/c1-9(2)15-12(16)10-3-5-11(6-4-10)17-13-14-7-8-18-13/h3-9H,1-2H3,(H,15,16). The van der Waals surface area contributed by atoms with Crippen LogP contribution in [0.5, 0.6) is 10.9 Å². The smallest absolute Gasteiger partial charge is 0.278 e. The number of amides is 1. The first kappa shape index (κ1) is 12.6. The third-order valence-corrected chi connectivity index (χ3v) is 2.80. The fraction of sp³-hybridized carbons (Fsp3) is 0.231. The lowest BCUT2D eigenvalue weighted by Gasteiger charge is -2.08. The van der Waals surface area contributed by atoms with Gasteiger partial charge in [-0.1, -0.05) is 11.3 Å². The number of carbonyl (C=O) groups is 1. The molecule has 0 spiro atoms. The van der Waals surface area contributed by atoms with Gasteiger partial charge in [-0.25, -0.2) is 4.98 Å². The van der Waals surface area contributed by atoms with Crippen molar-refractivity contribution in [2.75, 3.05) is 0 Å². The fourth-order valence-electron chi connectivity index (χ4n) is 1.38. The molecule has 0 saturated heterocycles. The number of ether oxygens (including phenoxy) is 1. The van der Waals surface area contributed by atoms with E-state index in [9.17, 15) is 4.79 Å². The van der Waals surface area contributed by atoms with Crippen LogP contribution in [0.25, 0.3) is 0 Å². The maximum absolute atomic E-state index is 11.7. The van der Waals surface area contributed by atoms with Gasteiger partial charge in [0.25, 0.3) is 11.1 Å². The molecule has 0 bridgehead atoms. The Morgan fingerprint density at radius 3 is 2.61 bits per heavy atom. The predicted octanol–water partition coefficient (Wildman–Crippen LogP) is 3.07. The molecule has 94 valence electrons. The second kappa shape index (κ2) is 5.64. The predicted molar refractivity (Wildman–Crippen MR) is 71.2 cm³/mol. The number of nitrogens with one attached hydrogen (secondary N) is 1. The zero-order valence-electron chi connectivity index (χ0n) is 10.2. The molecular weight excluding hydrogens is 248 g/mol. The number of nitrogens with zero attached hydrogens (tertiary/aromatic N) is 1. The largest absolute Gasteiger partial charge is 0.431 e. The van der Waals surface area contributed by atoms with E-state index < -0.39 is 0 Å². The first-order valence-electron chi connectivity index (χ1n) is 5.63. The molecule has 18 heavy (non-hydrogen) atoms. The lowest BCUT2D eigenvalue weighted by molar-refractivity contribution is 0.0943. The molecule has 0 unspecified atom stereocenters. The van der Waals surface area contributed by atoms with Crippen molar-refractivity contribution in [2.45, 2.75) is 19.9 Å². The van der Waals surface area contributed by atoms with Crippen molar-refractivity contribution in [2.24, 2.45) is 0 Å². The van der Waals surface area contributed by atoms with Crippen molar-refractivity contribution in [1.82, 2.24) is 10.3 Å². The van der Waals surface area contributed by atoms with E-state index in [0.717, 1.165) is 0 Å². The highest BCUT2D eigenvalue weighted by Gasteiger charge is 2.07. The van der Waals surface area contributed by atoms with Crippen LogP contribution >= 0.6 is 11.3 Å². The van der Waals surface area contributed by atoms with Gasteiger partial charge in [-0.05, 0) is 38.1 Å². The molecule has 2 rings (SSSR count). The van der Waals surface area contributed by atoms with Crippen LogP contribution in [0.1, 0.15) is 24.2 Å². The highest BCUT2D eigenvalue weighted by molar-refractivity contribution is 7.11. The quantitative estimate of drug-likeness (QED) is 0.921. The molecule has 1 heterocycles. The number of rotatable bonds is 4. The van der Waals surface area contributed by atoms with E-state index in [0.29, 0.717) is 16.5 Å². The van der Waals surface area contributed by atoms with E-state index in [1.54, 1.807) is 30.5 Å². The summed E-state index contributed by atoms with van der Waals surface area (Å²) in [5.74, 6) is 0.594. The molecule has 0 saturated carbocycles. The molecule has 1 aromatic heterocycles. The molecule has 0 atom stereocenters. The molecule has 1 aromatic carbocycles. The van der Waals surface area contributed by atoms with Crippen LogP contribution in [-0.2, 0) is 0 Å². The Bertz CT molecular complexity index is 506. The van der Waals surface area contributed by atoms with Gasteiger partial charge in [0.15, 0.2) is 0 Å². The minimum absolute atomic E-state index is 0.0780. The van der Waals surface area contributed by atoms with E-state index in [2.05, 4.69) is 10.3 Å². The van der Waals surface area contributed by atoms with Crippen LogP contribution in [0.3, 0.4) is 0 Å². The van der Waals surface area contributed by atoms with Crippen molar-refractivity contribution in [3.63, 3.8) is 0 Å². The van der Waals surface area contributed by atoms with Gasteiger partial charge < -0.3 is 10.1 Å². The third-order valence-electron chi connectivity index (χ3n) is 2.15. The minimum Gasteiger partial charge on any atom is -0.431 e. The normalized spacial score (nSPS) is 10.4. The molecule has 4 nitrogen and oxygen atoms in total. The molecule has 0 aliphatic carbocycles. The summed E-state index contributed by atoms with van der Waals surface area (Å²) in [6.45, 7) is 3.86. The van der Waals surface area contributed by atoms with Gasteiger partial charge >= 0.3 is 0 Å². The van der Waals surface area contributed by atoms with E-state index in [1.807, 2.05) is 19.2 Å². The molecule has 0 fully saturated rings. The zero-order valence-corrected chi connectivity index (χ0v) is 11.0. The van der Waals surface area contributed by atoms with Crippen molar-refractivity contribution in [3.05, 3.63) is 41.4 Å². The SMILES string of the molecule is CC(C)NC(=O)c1ccc(Oc2nccs2)cc1. The summed E-state index contributed by atoms with van der Waals surface area (Å²) in [5.41, 5.74) is 0.621. The number of hydrogen-bond acceptors (Lipinski definition) is 4. The van der Waals surface area contributed by atoms with Gasteiger partial charge in [0.1, 0.15) is 5.75 Å². The molecule has 1 N–H and O–H groups in total. The second-order valence-corrected chi connectivity index (χ2v) is 4.91. The van der Waals surface area contributed by atoms with Crippen LogP contribution in [0.4, 0.5) is 0 Å². The molecule has 2 aromatic rings. The Labute approximate surface area is 110 Å². The van der Waals surface area contributed by atoms with E-state index in [1.165, 1.54) is 11.3 Å². The minimum atomic E-state index is -0.0780. The Balaban J connectivity index is 2.03. The summed E-state index contributed by atoms with van der Waals surface area (Å²) >= 11 is 1.42. The average Bonchev–Trinajstić information content (AvgIpc) is 2.82. The molecule has 0 aliphatic heterocycles. The van der Waals surface area contributed by atoms with Crippen LogP contribution in [0, 0.1) is 0 Å². The van der Waals surface area contributed by atoms with E-state index >= 15 is 0 Å². The molecule has 0 aliphatic rings. The van der Waals surface area contributed by atoms with E-state index in [4.69, 9.17) is 4.74 Å². The third kappa shape index (κ3) is 3.30. The van der Waals surface area contributed by atoms with Gasteiger partial charge in [0, 0.05) is 23.2 Å². The van der Waals surface area contributed by atoms with Gasteiger partial charge in [0.05, 0.1) is 0 Å². The molecular formula is C13H14N2O2S. The Kier molecular flexibility index (Phi) is 3.94. The van der Waals surface area contributed by atoms with Crippen LogP contribution < -0.4 is 10.1 Å². The van der Waals surface area contributed by atoms with Crippen molar-refractivity contribution in [1.29, 1.82) is 0 Å². The summed E-state index contributed by atoms with van der Waals surface area (Å²) < 4.78 is 5.51. The first-order chi connectivity index (χ1) is 8.65. The van der Waals surface area contributed by atoms with Gasteiger partial charge in [-0.2, -0.15) is 0 Å². The maximum atomic E-state index is 11.7. The lowest BCUT2D eigenvalue weighted by atomic mass is 10.2. The Hall–Kier alpha value is -1.88. The summed E-state index contributed by atoms with van der Waals surface area (Å²) in [6.07, 6.45) is 1.68. The van der Waals surface area contributed by atoms with Crippen molar-refractivity contribution in [3.8, 4) is 10.9 Å². The molecule has 5 heteroatoms.